The van der Waals surface area contributed by atoms with Crippen LogP contribution in [0.3, 0.4) is 0 Å². The molecule has 13 heavy (non-hydrogen) atoms. The zero-order valence-electron chi connectivity index (χ0n) is 7.95. The van der Waals surface area contributed by atoms with E-state index in [0.717, 1.165) is 6.54 Å². The van der Waals surface area contributed by atoms with Crippen LogP contribution in [0, 0.1) is 16.1 Å². The van der Waals surface area contributed by atoms with Gasteiger partial charge in [-0.15, -0.1) is 0 Å². The minimum Gasteiger partial charge on any atom is -0.242 e. The van der Waals surface area contributed by atoms with Crippen LogP contribution >= 0.6 is 12.2 Å². The molecular weight excluding hydrogens is 184 g/mol. The van der Waals surface area contributed by atoms with Crippen LogP contribution in [0.15, 0.2) is 0 Å². The molecule has 1 aliphatic rings. The molecule has 0 amide bonds. The van der Waals surface area contributed by atoms with Gasteiger partial charge >= 0.3 is 0 Å². The molecule has 1 N–H and O–H groups in total. The second-order valence-electron chi connectivity index (χ2n) is 4.19. The van der Waals surface area contributed by atoms with Crippen molar-refractivity contribution in [2.45, 2.75) is 33.2 Å². The van der Waals surface area contributed by atoms with Crippen LogP contribution in [0.2, 0.25) is 0 Å². The van der Waals surface area contributed by atoms with Gasteiger partial charge in [0.15, 0.2) is 0 Å². The van der Waals surface area contributed by atoms with E-state index < -0.39 is 0 Å². The first-order valence-corrected chi connectivity index (χ1v) is 5.03. The van der Waals surface area contributed by atoms with E-state index in [9.17, 15) is 0 Å². The number of rotatable bonds is 3. The molecule has 1 aliphatic carbocycles. The Labute approximate surface area is 82.3 Å². The quantitative estimate of drug-likeness (QED) is 0.753. The van der Waals surface area contributed by atoms with Crippen LogP contribution in [0.25, 0.3) is 0 Å². The Kier molecular flexibility index (Phi) is 1.98. The summed E-state index contributed by atoms with van der Waals surface area (Å²) in [5.74, 6) is 0.706. The van der Waals surface area contributed by atoms with Crippen molar-refractivity contribution in [3.8, 4) is 0 Å². The first-order valence-electron chi connectivity index (χ1n) is 4.62. The van der Waals surface area contributed by atoms with E-state index in [4.69, 9.17) is 12.2 Å². The van der Waals surface area contributed by atoms with Crippen molar-refractivity contribution in [2.75, 3.05) is 0 Å². The highest BCUT2D eigenvalue weighted by Gasteiger charge is 2.45. The van der Waals surface area contributed by atoms with Gasteiger partial charge in [0.25, 0.3) is 0 Å². The molecule has 1 aromatic rings. The number of nitrogens with zero attached hydrogens (tertiary/aromatic N) is 3. The SMILES string of the molecule is CC(C)C1(Cn2[nH]nnc2=S)CC1. The standard InChI is InChI=1S/C8H14N4S/c1-6(2)8(3-4-8)5-12-7(13)9-10-11-12/h6H,3-5H2,1-2H3,(H,9,11,13). The molecule has 0 aliphatic heterocycles. The summed E-state index contributed by atoms with van der Waals surface area (Å²) < 4.78 is 2.43. The molecule has 0 aromatic carbocycles. The molecule has 0 unspecified atom stereocenters. The molecule has 1 aromatic heterocycles. The van der Waals surface area contributed by atoms with Gasteiger partial charge in [0.2, 0.25) is 4.77 Å². The number of aromatic nitrogens is 4. The molecule has 0 saturated heterocycles. The van der Waals surface area contributed by atoms with Crippen LogP contribution in [-0.4, -0.2) is 20.2 Å². The Morgan fingerprint density at radius 1 is 1.62 bits per heavy atom. The fourth-order valence-electron chi connectivity index (χ4n) is 1.71. The lowest BCUT2D eigenvalue weighted by molar-refractivity contribution is 0.291. The Balaban J connectivity index is 2.15. The van der Waals surface area contributed by atoms with Gasteiger partial charge in [-0.25, -0.2) is 4.68 Å². The number of hydrogen-bond donors (Lipinski definition) is 1. The number of aromatic amines is 1. The van der Waals surface area contributed by atoms with Gasteiger partial charge in [0.05, 0.1) is 0 Å². The van der Waals surface area contributed by atoms with Crippen molar-refractivity contribution in [3.05, 3.63) is 4.77 Å². The second-order valence-corrected chi connectivity index (χ2v) is 4.55. The largest absolute Gasteiger partial charge is 0.242 e. The van der Waals surface area contributed by atoms with E-state index in [2.05, 4.69) is 29.4 Å². The third-order valence-corrected chi connectivity index (χ3v) is 3.42. The van der Waals surface area contributed by atoms with Crippen molar-refractivity contribution in [1.29, 1.82) is 0 Å². The minimum atomic E-state index is 0.451. The minimum absolute atomic E-state index is 0.451. The van der Waals surface area contributed by atoms with E-state index in [1.165, 1.54) is 12.8 Å². The number of nitrogens with one attached hydrogen (secondary N) is 1. The molecular formula is C8H14N4S. The number of tetrazole rings is 1. The predicted octanol–water partition coefficient (Wildman–Crippen LogP) is 1.77. The molecule has 2 rings (SSSR count). The smallest absolute Gasteiger partial charge is 0.238 e. The summed E-state index contributed by atoms with van der Waals surface area (Å²) in [6.45, 7) is 5.47. The van der Waals surface area contributed by atoms with E-state index in [-0.39, 0.29) is 0 Å². The average molecular weight is 198 g/mol. The van der Waals surface area contributed by atoms with Crippen LogP contribution < -0.4 is 0 Å². The summed E-state index contributed by atoms with van der Waals surface area (Å²) in [6, 6.07) is 0. The summed E-state index contributed by atoms with van der Waals surface area (Å²) >= 11 is 5.03. The summed E-state index contributed by atoms with van der Waals surface area (Å²) in [6.07, 6.45) is 2.59. The normalized spacial score (nSPS) is 19.3. The van der Waals surface area contributed by atoms with Crippen molar-refractivity contribution < 1.29 is 0 Å². The van der Waals surface area contributed by atoms with E-state index >= 15 is 0 Å². The zero-order valence-corrected chi connectivity index (χ0v) is 8.77. The fourth-order valence-corrected chi connectivity index (χ4v) is 1.86. The van der Waals surface area contributed by atoms with Crippen molar-refractivity contribution in [3.63, 3.8) is 0 Å². The van der Waals surface area contributed by atoms with Crippen molar-refractivity contribution >= 4 is 12.2 Å². The summed E-state index contributed by atoms with van der Waals surface area (Å²) in [7, 11) is 0. The van der Waals surface area contributed by atoms with Gasteiger partial charge in [0.1, 0.15) is 0 Å². The lowest BCUT2D eigenvalue weighted by atomic mass is 9.92. The highest BCUT2D eigenvalue weighted by molar-refractivity contribution is 7.71. The number of H-pyrrole nitrogens is 1. The maximum atomic E-state index is 5.03. The molecule has 0 radical (unpaired) electrons. The first-order chi connectivity index (χ1) is 6.14. The van der Waals surface area contributed by atoms with Crippen LogP contribution in [-0.2, 0) is 6.54 Å². The van der Waals surface area contributed by atoms with Gasteiger partial charge in [-0.1, -0.05) is 24.2 Å². The zero-order chi connectivity index (χ0) is 9.47. The van der Waals surface area contributed by atoms with Crippen molar-refractivity contribution in [1.82, 2.24) is 20.2 Å². The van der Waals surface area contributed by atoms with Crippen molar-refractivity contribution in [2.24, 2.45) is 11.3 Å². The fraction of sp³-hybridized carbons (Fsp3) is 0.875. The summed E-state index contributed by atoms with van der Waals surface area (Å²) in [4.78, 5) is 0. The lowest BCUT2D eigenvalue weighted by Crippen LogP contribution is -2.18. The monoisotopic (exact) mass is 198 g/mol. The maximum absolute atomic E-state index is 5.03. The molecule has 4 nitrogen and oxygen atoms in total. The number of hydrogen-bond acceptors (Lipinski definition) is 3. The average Bonchev–Trinajstić information content (AvgIpc) is 2.74. The Morgan fingerprint density at radius 2 is 2.31 bits per heavy atom. The van der Waals surface area contributed by atoms with Crippen LogP contribution in [0.4, 0.5) is 0 Å². The maximum Gasteiger partial charge on any atom is 0.238 e. The molecule has 0 atom stereocenters. The van der Waals surface area contributed by atoms with Gasteiger partial charge in [-0.3, -0.25) is 0 Å². The third-order valence-electron chi connectivity index (χ3n) is 3.12. The van der Waals surface area contributed by atoms with E-state index in [0.29, 0.717) is 16.1 Å². The first kappa shape index (κ1) is 8.87. The Morgan fingerprint density at radius 3 is 2.69 bits per heavy atom. The molecule has 1 fully saturated rings. The molecule has 0 spiro atoms. The van der Waals surface area contributed by atoms with Gasteiger partial charge in [-0.05, 0) is 36.4 Å². The van der Waals surface area contributed by atoms with Crippen LogP contribution in [0.1, 0.15) is 26.7 Å². The topological polar surface area (TPSA) is 46.5 Å². The Hall–Kier alpha value is -0.710. The highest BCUT2D eigenvalue weighted by atomic mass is 32.1. The predicted molar refractivity (Wildman–Crippen MR) is 51.7 cm³/mol. The molecule has 5 heteroatoms. The summed E-state index contributed by atoms with van der Waals surface area (Å²) in [5.41, 5.74) is 0.451. The lowest BCUT2D eigenvalue weighted by Gasteiger charge is -2.18. The molecule has 0 bridgehead atoms. The Bertz CT molecular complexity index is 347. The van der Waals surface area contributed by atoms with E-state index in [1.54, 1.807) is 0 Å². The van der Waals surface area contributed by atoms with Crippen LogP contribution in [0.5, 0.6) is 0 Å². The van der Waals surface area contributed by atoms with E-state index in [1.807, 2.05) is 4.68 Å². The van der Waals surface area contributed by atoms with Gasteiger partial charge in [0, 0.05) is 6.54 Å². The third kappa shape index (κ3) is 1.52. The second kappa shape index (κ2) is 2.90. The molecule has 1 saturated carbocycles. The summed E-state index contributed by atoms with van der Waals surface area (Å²) in [5, 5.41) is 10.2. The molecule has 1 heterocycles. The van der Waals surface area contributed by atoms with Gasteiger partial charge in [-0.2, -0.15) is 5.21 Å². The van der Waals surface area contributed by atoms with Gasteiger partial charge < -0.3 is 0 Å². The highest BCUT2D eigenvalue weighted by Crippen LogP contribution is 2.52. The molecule has 72 valence electrons.